The minimum absolute atomic E-state index is 0.702. The fourth-order valence-electron chi connectivity index (χ4n) is 5.89. The molecule has 0 amide bonds. The zero-order valence-corrected chi connectivity index (χ0v) is 20.9. The number of fused-ring (bicyclic) bond motifs is 1. The molecule has 1 aliphatic rings. The number of hydrogen-bond acceptors (Lipinski definition) is 0. The highest BCUT2D eigenvalue weighted by Crippen LogP contribution is 2.37. The number of pyridine rings is 1. The number of para-hydroxylation sites is 1. The van der Waals surface area contributed by atoms with E-state index in [9.17, 15) is 0 Å². The van der Waals surface area contributed by atoms with Crippen molar-refractivity contribution in [2.24, 2.45) is 5.92 Å². The lowest BCUT2D eigenvalue weighted by atomic mass is 9.78. The Morgan fingerprint density at radius 1 is 0.667 bits per heavy atom. The molecule has 0 unspecified atom stereocenters. The van der Waals surface area contributed by atoms with Gasteiger partial charge in [-0.2, -0.15) is 4.57 Å². The predicted molar refractivity (Wildman–Crippen MR) is 142 cm³/mol. The molecule has 1 heterocycles. The minimum Gasteiger partial charge on any atom is -0.191 e. The molecule has 0 N–H and O–H groups in total. The quantitative estimate of drug-likeness (QED) is 0.195. The standard InChI is InChI=1S/C32H44N/c1-2-3-4-5-6-7-8-10-15-27-20-22-30(23-21-27)32-25-24-29-18-13-14-19-31(29)33(32)26-28-16-11-9-12-17-28/h9,11-14,16-19,24-25,27,30H,2-8,10,15,20-23,26H2,1H3/q+1. The fourth-order valence-corrected chi connectivity index (χ4v) is 5.89. The van der Waals surface area contributed by atoms with Crippen LogP contribution >= 0.6 is 0 Å². The lowest BCUT2D eigenvalue weighted by molar-refractivity contribution is -0.671. The molecule has 3 aromatic rings. The number of hydrogen-bond donors (Lipinski definition) is 0. The van der Waals surface area contributed by atoms with Crippen molar-refractivity contribution in [2.75, 3.05) is 0 Å². The van der Waals surface area contributed by atoms with Gasteiger partial charge in [-0.05, 0) is 43.7 Å². The van der Waals surface area contributed by atoms with E-state index in [1.807, 2.05) is 0 Å². The van der Waals surface area contributed by atoms with Crippen LogP contribution < -0.4 is 4.57 Å². The van der Waals surface area contributed by atoms with Gasteiger partial charge >= 0.3 is 0 Å². The highest BCUT2D eigenvalue weighted by atomic mass is 15.0. The van der Waals surface area contributed by atoms with Crippen LogP contribution in [0, 0.1) is 5.92 Å². The van der Waals surface area contributed by atoms with E-state index in [2.05, 4.69) is 78.2 Å². The molecule has 4 rings (SSSR count). The fraction of sp³-hybridized carbons (Fsp3) is 0.531. The third-order valence-corrected chi connectivity index (χ3v) is 7.89. The molecule has 1 saturated carbocycles. The van der Waals surface area contributed by atoms with Crippen molar-refractivity contribution < 1.29 is 4.57 Å². The molecule has 0 spiro atoms. The Labute approximate surface area is 202 Å². The van der Waals surface area contributed by atoms with Crippen molar-refractivity contribution >= 4 is 10.9 Å². The third kappa shape index (κ3) is 6.92. The van der Waals surface area contributed by atoms with Gasteiger partial charge in [0.15, 0.2) is 12.2 Å². The van der Waals surface area contributed by atoms with Crippen LogP contribution in [0.25, 0.3) is 10.9 Å². The molecule has 176 valence electrons. The van der Waals surface area contributed by atoms with Crippen LogP contribution in [0.3, 0.4) is 0 Å². The molecule has 2 aromatic carbocycles. The Balaban J connectivity index is 1.33. The first-order chi connectivity index (χ1) is 16.3. The van der Waals surface area contributed by atoms with Crippen LogP contribution in [0.4, 0.5) is 0 Å². The number of benzene rings is 2. The SMILES string of the molecule is CCCCCCCCCCC1CCC(c2ccc3ccccc3[n+]2Cc2ccccc2)CC1. The number of nitrogens with zero attached hydrogens (tertiary/aromatic N) is 1. The maximum Gasteiger partial charge on any atom is 0.212 e. The van der Waals surface area contributed by atoms with Gasteiger partial charge in [-0.15, -0.1) is 0 Å². The van der Waals surface area contributed by atoms with Crippen LogP contribution in [0.1, 0.15) is 108 Å². The van der Waals surface area contributed by atoms with Crippen molar-refractivity contribution in [2.45, 2.75) is 103 Å². The summed E-state index contributed by atoms with van der Waals surface area (Å²) in [6.07, 6.45) is 18.5. The van der Waals surface area contributed by atoms with E-state index >= 15 is 0 Å². The second-order valence-corrected chi connectivity index (χ2v) is 10.4. The Morgan fingerprint density at radius 3 is 2.09 bits per heavy atom. The van der Waals surface area contributed by atoms with Gasteiger partial charge in [0.2, 0.25) is 5.52 Å². The van der Waals surface area contributed by atoms with Gasteiger partial charge in [-0.3, -0.25) is 0 Å². The normalized spacial score (nSPS) is 18.6. The average molecular weight is 443 g/mol. The molecule has 0 saturated heterocycles. The van der Waals surface area contributed by atoms with Gasteiger partial charge in [0, 0.05) is 29.0 Å². The predicted octanol–water partition coefficient (Wildman–Crippen LogP) is 8.98. The van der Waals surface area contributed by atoms with Gasteiger partial charge in [-0.25, -0.2) is 0 Å². The van der Waals surface area contributed by atoms with E-state index in [0.717, 1.165) is 12.5 Å². The molecule has 1 fully saturated rings. The van der Waals surface area contributed by atoms with Gasteiger partial charge in [-0.1, -0.05) is 107 Å². The summed E-state index contributed by atoms with van der Waals surface area (Å²) < 4.78 is 2.61. The summed E-state index contributed by atoms with van der Waals surface area (Å²) in [5, 5.41) is 1.35. The summed E-state index contributed by atoms with van der Waals surface area (Å²) in [5.74, 6) is 1.66. The summed E-state index contributed by atoms with van der Waals surface area (Å²) in [4.78, 5) is 0. The van der Waals surface area contributed by atoms with E-state index < -0.39 is 0 Å². The average Bonchev–Trinajstić information content (AvgIpc) is 2.87. The number of aromatic nitrogens is 1. The maximum absolute atomic E-state index is 2.61. The molecular formula is C32H44N+. The molecule has 1 nitrogen and oxygen atoms in total. The molecule has 0 atom stereocenters. The Bertz CT molecular complexity index is 953. The molecular weight excluding hydrogens is 398 g/mol. The molecule has 0 aliphatic heterocycles. The van der Waals surface area contributed by atoms with Crippen molar-refractivity contribution in [1.82, 2.24) is 0 Å². The van der Waals surface area contributed by atoms with Gasteiger partial charge < -0.3 is 0 Å². The molecule has 1 heteroatoms. The van der Waals surface area contributed by atoms with Crippen LogP contribution in [0.2, 0.25) is 0 Å². The Kier molecular flexibility index (Phi) is 9.39. The second-order valence-electron chi connectivity index (χ2n) is 10.4. The van der Waals surface area contributed by atoms with E-state index in [1.54, 1.807) is 5.69 Å². The summed E-state index contributed by atoms with van der Waals surface area (Å²) >= 11 is 0. The Morgan fingerprint density at radius 2 is 1.33 bits per heavy atom. The molecule has 33 heavy (non-hydrogen) atoms. The zero-order chi connectivity index (χ0) is 22.7. The first-order valence-electron chi connectivity index (χ1n) is 13.8. The lowest BCUT2D eigenvalue weighted by Gasteiger charge is -2.27. The first-order valence-corrected chi connectivity index (χ1v) is 13.8. The van der Waals surface area contributed by atoms with Gasteiger partial charge in [0.05, 0.1) is 0 Å². The van der Waals surface area contributed by atoms with Crippen molar-refractivity contribution in [1.29, 1.82) is 0 Å². The Hall–Kier alpha value is -2.15. The van der Waals surface area contributed by atoms with Crippen LogP contribution in [0.5, 0.6) is 0 Å². The number of unbranched alkanes of at least 4 members (excludes halogenated alkanes) is 7. The highest BCUT2D eigenvalue weighted by molar-refractivity contribution is 5.75. The van der Waals surface area contributed by atoms with Gasteiger partial charge in [0.1, 0.15) is 0 Å². The lowest BCUT2D eigenvalue weighted by Crippen LogP contribution is -2.41. The summed E-state index contributed by atoms with van der Waals surface area (Å²) in [7, 11) is 0. The summed E-state index contributed by atoms with van der Waals surface area (Å²) in [6.45, 7) is 3.27. The van der Waals surface area contributed by atoms with Crippen LogP contribution in [-0.4, -0.2) is 0 Å². The molecule has 0 bridgehead atoms. The minimum atomic E-state index is 0.702. The van der Waals surface area contributed by atoms with Crippen molar-refractivity contribution in [3.63, 3.8) is 0 Å². The topological polar surface area (TPSA) is 3.88 Å². The van der Waals surface area contributed by atoms with E-state index in [-0.39, 0.29) is 0 Å². The molecule has 1 aromatic heterocycles. The van der Waals surface area contributed by atoms with E-state index in [0.29, 0.717) is 5.92 Å². The largest absolute Gasteiger partial charge is 0.212 e. The summed E-state index contributed by atoms with van der Waals surface area (Å²) in [6, 6.07) is 24.6. The van der Waals surface area contributed by atoms with Crippen molar-refractivity contribution in [3.05, 3.63) is 78.0 Å². The molecule has 1 aliphatic carbocycles. The van der Waals surface area contributed by atoms with Crippen LogP contribution in [-0.2, 0) is 6.54 Å². The zero-order valence-electron chi connectivity index (χ0n) is 20.9. The van der Waals surface area contributed by atoms with E-state index in [1.165, 1.54) is 99.9 Å². The van der Waals surface area contributed by atoms with Crippen molar-refractivity contribution in [3.8, 4) is 0 Å². The van der Waals surface area contributed by atoms with Crippen LogP contribution in [0.15, 0.2) is 66.7 Å². The highest BCUT2D eigenvalue weighted by Gasteiger charge is 2.29. The number of rotatable bonds is 12. The maximum atomic E-state index is 2.61. The summed E-state index contributed by atoms with van der Waals surface area (Å²) in [5.41, 5.74) is 4.31. The smallest absolute Gasteiger partial charge is 0.191 e. The second kappa shape index (κ2) is 12.9. The molecule has 0 radical (unpaired) electrons. The van der Waals surface area contributed by atoms with Gasteiger partial charge in [0.25, 0.3) is 0 Å². The van der Waals surface area contributed by atoms with E-state index in [4.69, 9.17) is 0 Å². The first kappa shape index (κ1) is 24.0. The monoisotopic (exact) mass is 442 g/mol. The third-order valence-electron chi connectivity index (χ3n) is 7.89.